The Bertz CT molecular complexity index is 1350. The van der Waals surface area contributed by atoms with Crippen LogP contribution in [0.5, 0.6) is 0 Å². The van der Waals surface area contributed by atoms with E-state index in [0.29, 0.717) is 40.4 Å². The summed E-state index contributed by atoms with van der Waals surface area (Å²) in [5.74, 6) is 0.837. The first-order chi connectivity index (χ1) is 15.8. The minimum atomic E-state index is -0.403. The van der Waals surface area contributed by atoms with Gasteiger partial charge in [0.15, 0.2) is 5.16 Å². The zero-order chi connectivity index (χ0) is 23.5. The number of aryl methyl sites for hydroxylation is 1. The predicted octanol–water partition coefficient (Wildman–Crippen LogP) is 4.54. The van der Waals surface area contributed by atoms with Crippen LogP contribution in [0.25, 0.3) is 16.7 Å². The van der Waals surface area contributed by atoms with E-state index in [0.717, 1.165) is 17.5 Å². The second kappa shape index (κ2) is 9.97. The molecular weight excluding hydrogens is 458 g/mol. The molecule has 0 aliphatic carbocycles. The van der Waals surface area contributed by atoms with E-state index in [-0.39, 0.29) is 11.5 Å². The van der Waals surface area contributed by atoms with Crippen LogP contribution in [0, 0.1) is 5.92 Å². The lowest BCUT2D eigenvalue weighted by molar-refractivity contribution is -0.120. The zero-order valence-electron chi connectivity index (χ0n) is 18.8. The minimum absolute atomic E-state index is 0.0727. The number of carbonyl (C=O) groups excluding carboxylic acids is 1. The van der Waals surface area contributed by atoms with E-state index in [4.69, 9.17) is 11.6 Å². The lowest BCUT2D eigenvalue weighted by Gasteiger charge is -2.14. The molecule has 7 nitrogen and oxygen atoms in total. The van der Waals surface area contributed by atoms with E-state index in [1.165, 1.54) is 11.8 Å². The second-order valence-corrected chi connectivity index (χ2v) is 10.1. The number of fused-ring (bicyclic) bond motifs is 3. The molecule has 172 valence electrons. The van der Waals surface area contributed by atoms with Crippen molar-refractivity contribution in [2.24, 2.45) is 5.92 Å². The molecule has 4 aromatic rings. The van der Waals surface area contributed by atoms with Crippen molar-refractivity contribution in [3.05, 3.63) is 69.5 Å². The molecule has 2 aromatic carbocycles. The van der Waals surface area contributed by atoms with E-state index in [2.05, 4.69) is 29.4 Å². The van der Waals surface area contributed by atoms with Crippen LogP contribution in [-0.2, 0) is 17.9 Å². The summed E-state index contributed by atoms with van der Waals surface area (Å²) in [6.45, 7) is 7.06. The van der Waals surface area contributed by atoms with Crippen LogP contribution in [0.15, 0.2) is 58.5 Å². The van der Waals surface area contributed by atoms with Crippen molar-refractivity contribution in [3.63, 3.8) is 0 Å². The molecule has 1 amide bonds. The second-order valence-electron chi connectivity index (χ2n) is 8.38. The fraction of sp³-hybridized carbons (Fsp3) is 0.333. The standard InChI is InChI=1S/C24H26ClN5O2S/c1-15(2)12-13-29-22(32)19-6-4-5-7-20(19)30-23(29)27-28-24(30)33-16(3)21(31)26-14-17-8-10-18(25)11-9-17/h4-11,15-16H,12-14H2,1-3H3,(H,26,31). The quantitative estimate of drug-likeness (QED) is 0.372. The Morgan fingerprint density at radius 1 is 1.09 bits per heavy atom. The number of thioether (sulfide) groups is 1. The number of hydrogen-bond donors (Lipinski definition) is 1. The molecule has 33 heavy (non-hydrogen) atoms. The van der Waals surface area contributed by atoms with Crippen molar-refractivity contribution >= 4 is 46.0 Å². The van der Waals surface area contributed by atoms with E-state index in [1.807, 2.05) is 47.7 Å². The Balaban J connectivity index is 1.62. The SMILES string of the molecule is CC(C)CCn1c(=O)c2ccccc2n2c(SC(C)C(=O)NCc3ccc(Cl)cc3)nnc12. The lowest BCUT2D eigenvalue weighted by Crippen LogP contribution is -2.30. The maximum atomic E-state index is 13.1. The van der Waals surface area contributed by atoms with Gasteiger partial charge in [0, 0.05) is 18.1 Å². The number of halogens is 1. The van der Waals surface area contributed by atoms with Crippen LogP contribution in [0.2, 0.25) is 5.02 Å². The number of carbonyl (C=O) groups is 1. The fourth-order valence-electron chi connectivity index (χ4n) is 3.55. The number of amides is 1. The maximum absolute atomic E-state index is 13.1. The predicted molar refractivity (Wildman–Crippen MR) is 133 cm³/mol. The Kier molecular flexibility index (Phi) is 7.05. The number of aromatic nitrogens is 4. The molecule has 0 bridgehead atoms. The molecule has 1 atom stereocenters. The molecule has 4 rings (SSSR count). The lowest BCUT2D eigenvalue weighted by atomic mass is 10.1. The third-order valence-corrected chi connectivity index (χ3v) is 6.73. The van der Waals surface area contributed by atoms with E-state index >= 15 is 0 Å². The van der Waals surface area contributed by atoms with Crippen molar-refractivity contribution in [1.82, 2.24) is 24.5 Å². The van der Waals surface area contributed by atoms with Crippen LogP contribution in [0.3, 0.4) is 0 Å². The van der Waals surface area contributed by atoms with Gasteiger partial charge in [-0.2, -0.15) is 0 Å². The van der Waals surface area contributed by atoms with Gasteiger partial charge in [-0.25, -0.2) is 0 Å². The minimum Gasteiger partial charge on any atom is -0.351 e. The van der Waals surface area contributed by atoms with Crippen molar-refractivity contribution in [3.8, 4) is 0 Å². The number of benzene rings is 2. The topological polar surface area (TPSA) is 81.3 Å². The summed E-state index contributed by atoms with van der Waals surface area (Å²) in [7, 11) is 0. The van der Waals surface area contributed by atoms with Gasteiger partial charge in [-0.3, -0.25) is 18.6 Å². The van der Waals surface area contributed by atoms with Gasteiger partial charge >= 0.3 is 0 Å². The molecule has 1 N–H and O–H groups in total. The first-order valence-electron chi connectivity index (χ1n) is 10.9. The summed E-state index contributed by atoms with van der Waals surface area (Å²) in [6, 6.07) is 14.8. The molecule has 1 unspecified atom stereocenters. The molecule has 2 heterocycles. The average molecular weight is 484 g/mol. The number of para-hydroxylation sites is 1. The van der Waals surface area contributed by atoms with Crippen LogP contribution in [-0.4, -0.2) is 30.3 Å². The van der Waals surface area contributed by atoms with Gasteiger partial charge in [-0.1, -0.05) is 61.5 Å². The largest absolute Gasteiger partial charge is 0.351 e. The molecule has 0 saturated heterocycles. The fourth-order valence-corrected chi connectivity index (χ4v) is 4.55. The highest BCUT2D eigenvalue weighted by molar-refractivity contribution is 8.00. The van der Waals surface area contributed by atoms with Gasteiger partial charge < -0.3 is 5.32 Å². The first-order valence-corrected chi connectivity index (χ1v) is 12.2. The molecule has 9 heteroatoms. The molecule has 2 aromatic heterocycles. The van der Waals surface area contributed by atoms with Gasteiger partial charge in [-0.15, -0.1) is 10.2 Å². The van der Waals surface area contributed by atoms with E-state index in [1.54, 1.807) is 16.7 Å². The van der Waals surface area contributed by atoms with Crippen LogP contribution >= 0.6 is 23.4 Å². The van der Waals surface area contributed by atoms with E-state index in [9.17, 15) is 9.59 Å². The summed E-state index contributed by atoms with van der Waals surface area (Å²) in [4.78, 5) is 25.9. The molecule has 0 saturated carbocycles. The number of hydrogen-bond acceptors (Lipinski definition) is 5. The van der Waals surface area contributed by atoms with Gasteiger partial charge in [-0.05, 0) is 49.1 Å². The Hall–Kier alpha value is -2.84. The Labute approximate surface area is 201 Å². The summed E-state index contributed by atoms with van der Waals surface area (Å²) in [6.07, 6.45) is 0.854. The van der Waals surface area contributed by atoms with Crippen molar-refractivity contribution in [2.75, 3.05) is 0 Å². The van der Waals surface area contributed by atoms with Gasteiger partial charge in [0.05, 0.1) is 16.2 Å². The highest BCUT2D eigenvalue weighted by Crippen LogP contribution is 2.25. The maximum Gasteiger partial charge on any atom is 0.262 e. The first kappa shape index (κ1) is 23.3. The summed E-state index contributed by atoms with van der Waals surface area (Å²) in [5, 5.41) is 13.1. The highest BCUT2D eigenvalue weighted by Gasteiger charge is 2.21. The third kappa shape index (κ3) is 5.07. The summed E-state index contributed by atoms with van der Waals surface area (Å²) < 4.78 is 3.56. The van der Waals surface area contributed by atoms with Crippen LogP contribution < -0.4 is 10.9 Å². The van der Waals surface area contributed by atoms with Crippen molar-refractivity contribution < 1.29 is 4.79 Å². The smallest absolute Gasteiger partial charge is 0.262 e. The molecule has 0 spiro atoms. The number of rotatable bonds is 8. The average Bonchev–Trinajstić information content (AvgIpc) is 3.21. The van der Waals surface area contributed by atoms with E-state index < -0.39 is 5.25 Å². The van der Waals surface area contributed by atoms with Crippen LogP contribution in [0.4, 0.5) is 0 Å². The summed E-state index contributed by atoms with van der Waals surface area (Å²) >= 11 is 7.24. The van der Waals surface area contributed by atoms with Gasteiger partial charge in [0.25, 0.3) is 5.56 Å². The molecule has 0 aliphatic heterocycles. The highest BCUT2D eigenvalue weighted by atomic mass is 35.5. The Morgan fingerprint density at radius 2 is 1.82 bits per heavy atom. The molecule has 0 aliphatic rings. The molecule has 0 fully saturated rings. The number of nitrogens with zero attached hydrogens (tertiary/aromatic N) is 4. The summed E-state index contributed by atoms with van der Waals surface area (Å²) in [5.41, 5.74) is 1.63. The van der Waals surface area contributed by atoms with Gasteiger partial charge in [0.2, 0.25) is 11.7 Å². The normalized spacial score (nSPS) is 12.5. The molecular formula is C24H26ClN5O2S. The monoisotopic (exact) mass is 483 g/mol. The Morgan fingerprint density at radius 3 is 2.55 bits per heavy atom. The zero-order valence-corrected chi connectivity index (χ0v) is 20.4. The number of nitrogens with one attached hydrogen (secondary N) is 1. The van der Waals surface area contributed by atoms with Crippen LogP contribution in [0.1, 0.15) is 32.8 Å². The van der Waals surface area contributed by atoms with Crippen molar-refractivity contribution in [1.29, 1.82) is 0 Å². The van der Waals surface area contributed by atoms with Gasteiger partial charge in [0.1, 0.15) is 0 Å². The molecule has 0 radical (unpaired) electrons. The third-order valence-electron chi connectivity index (χ3n) is 5.44. The van der Waals surface area contributed by atoms with Crippen molar-refractivity contribution in [2.45, 2.75) is 50.7 Å².